The zero-order valence-electron chi connectivity index (χ0n) is 14.9. The fourth-order valence-electron chi connectivity index (χ4n) is 2.66. The maximum Gasteiger partial charge on any atom is 0.259 e. The third kappa shape index (κ3) is 3.74. The van der Waals surface area contributed by atoms with Crippen molar-refractivity contribution in [1.29, 1.82) is 0 Å². The number of ether oxygens (including phenoxy) is 1. The summed E-state index contributed by atoms with van der Waals surface area (Å²) in [6, 6.07) is 13.1. The number of hydrogen-bond donors (Lipinski definition) is 1. The van der Waals surface area contributed by atoms with Gasteiger partial charge >= 0.3 is 0 Å². The molecule has 1 aromatic heterocycles. The summed E-state index contributed by atoms with van der Waals surface area (Å²) in [4.78, 5) is 12.7. The molecule has 3 aromatic rings. The van der Waals surface area contributed by atoms with Crippen LogP contribution in [0.5, 0.6) is 5.75 Å². The van der Waals surface area contributed by atoms with Gasteiger partial charge in [0.05, 0.1) is 22.6 Å². The standard InChI is InChI=1S/C20H20FN3O2/c1-13-19(14(2)24(3)23-13)22-20(25)17-6-4-5-7-18(17)26-12-15-8-10-16(21)11-9-15/h4-11H,12H2,1-3H3,(H,22,25). The summed E-state index contributed by atoms with van der Waals surface area (Å²) in [6.07, 6.45) is 0. The number of amides is 1. The number of hydrogen-bond acceptors (Lipinski definition) is 3. The van der Waals surface area contributed by atoms with Gasteiger partial charge in [0.1, 0.15) is 18.2 Å². The molecule has 0 radical (unpaired) electrons. The van der Waals surface area contributed by atoms with Gasteiger partial charge in [0.15, 0.2) is 0 Å². The van der Waals surface area contributed by atoms with Crippen molar-refractivity contribution >= 4 is 11.6 Å². The molecule has 0 saturated heterocycles. The molecule has 0 saturated carbocycles. The fraction of sp³-hybridized carbons (Fsp3) is 0.200. The fourth-order valence-corrected chi connectivity index (χ4v) is 2.66. The molecule has 0 fully saturated rings. The second kappa shape index (κ2) is 7.39. The van der Waals surface area contributed by atoms with Crippen LogP contribution in [-0.2, 0) is 13.7 Å². The Labute approximate surface area is 151 Å². The molecule has 1 N–H and O–H groups in total. The minimum atomic E-state index is -0.296. The number of para-hydroxylation sites is 1. The molecule has 0 atom stereocenters. The summed E-state index contributed by atoms with van der Waals surface area (Å²) in [5, 5.41) is 7.21. The Morgan fingerprint density at radius 3 is 2.50 bits per heavy atom. The van der Waals surface area contributed by atoms with E-state index in [1.54, 1.807) is 41.1 Å². The Balaban J connectivity index is 1.77. The molecule has 26 heavy (non-hydrogen) atoms. The number of nitrogens with one attached hydrogen (secondary N) is 1. The predicted octanol–water partition coefficient (Wildman–Crippen LogP) is 4.01. The van der Waals surface area contributed by atoms with Gasteiger partial charge in [-0.25, -0.2) is 4.39 Å². The van der Waals surface area contributed by atoms with E-state index in [-0.39, 0.29) is 18.3 Å². The second-order valence-electron chi connectivity index (χ2n) is 6.03. The van der Waals surface area contributed by atoms with Crippen molar-refractivity contribution < 1.29 is 13.9 Å². The lowest BCUT2D eigenvalue weighted by Crippen LogP contribution is -2.14. The molecule has 1 heterocycles. The minimum Gasteiger partial charge on any atom is -0.488 e. The molecule has 0 unspecified atom stereocenters. The smallest absolute Gasteiger partial charge is 0.259 e. The molecule has 2 aromatic carbocycles. The SMILES string of the molecule is Cc1nn(C)c(C)c1NC(=O)c1ccccc1OCc1ccc(F)cc1. The van der Waals surface area contributed by atoms with E-state index in [2.05, 4.69) is 10.4 Å². The zero-order chi connectivity index (χ0) is 18.7. The predicted molar refractivity (Wildman–Crippen MR) is 97.8 cm³/mol. The van der Waals surface area contributed by atoms with E-state index in [9.17, 15) is 9.18 Å². The lowest BCUT2D eigenvalue weighted by atomic mass is 10.1. The molecular weight excluding hydrogens is 333 g/mol. The highest BCUT2D eigenvalue weighted by Crippen LogP contribution is 2.24. The number of anilines is 1. The molecule has 0 spiro atoms. The Morgan fingerprint density at radius 1 is 1.15 bits per heavy atom. The largest absolute Gasteiger partial charge is 0.488 e. The first-order valence-corrected chi connectivity index (χ1v) is 8.23. The van der Waals surface area contributed by atoms with Crippen molar-refractivity contribution in [2.45, 2.75) is 20.5 Å². The van der Waals surface area contributed by atoms with Gasteiger partial charge in [-0.2, -0.15) is 5.10 Å². The number of nitrogens with zero attached hydrogens (tertiary/aromatic N) is 2. The maximum atomic E-state index is 13.0. The van der Waals surface area contributed by atoms with Crippen LogP contribution in [0.2, 0.25) is 0 Å². The van der Waals surface area contributed by atoms with Crippen LogP contribution in [0.25, 0.3) is 0 Å². The van der Waals surface area contributed by atoms with Crippen molar-refractivity contribution in [3.8, 4) is 5.75 Å². The average Bonchev–Trinajstić information content (AvgIpc) is 2.87. The summed E-state index contributed by atoms with van der Waals surface area (Å²) >= 11 is 0. The van der Waals surface area contributed by atoms with Crippen LogP contribution in [0.1, 0.15) is 27.3 Å². The molecule has 6 heteroatoms. The number of benzene rings is 2. The molecule has 134 valence electrons. The first-order chi connectivity index (χ1) is 12.5. The molecule has 0 bridgehead atoms. The quantitative estimate of drug-likeness (QED) is 0.754. The van der Waals surface area contributed by atoms with Gasteiger partial charge in [0, 0.05) is 7.05 Å². The van der Waals surface area contributed by atoms with Gasteiger partial charge in [-0.15, -0.1) is 0 Å². The monoisotopic (exact) mass is 353 g/mol. The van der Waals surface area contributed by atoms with Gasteiger partial charge in [0.25, 0.3) is 5.91 Å². The Morgan fingerprint density at radius 2 is 1.85 bits per heavy atom. The normalized spacial score (nSPS) is 10.6. The van der Waals surface area contributed by atoms with Crippen molar-refractivity contribution in [3.63, 3.8) is 0 Å². The van der Waals surface area contributed by atoms with Gasteiger partial charge in [0.2, 0.25) is 0 Å². The Hall–Kier alpha value is -3.15. The summed E-state index contributed by atoms with van der Waals surface area (Å²) < 4.78 is 20.5. The van der Waals surface area contributed by atoms with E-state index in [0.29, 0.717) is 17.0 Å². The van der Waals surface area contributed by atoms with Crippen LogP contribution in [-0.4, -0.2) is 15.7 Å². The van der Waals surface area contributed by atoms with Crippen LogP contribution >= 0.6 is 0 Å². The van der Waals surface area contributed by atoms with E-state index >= 15 is 0 Å². The van der Waals surface area contributed by atoms with Gasteiger partial charge in [-0.05, 0) is 43.7 Å². The van der Waals surface area contributed by atoms with Gasteiger partial charge < -0.3 is 10.1 Å². The van der Waals surface area contributed by atoms with E-state index in [1.807, 2.05) is 20.9 Å². The van der Waals surface area contributed by atoms with Crippen LogP contribution in [0, 0.1) is 19.7 Å². The molecular formula is C20H20FN3O2. The van der Waals surface area contributed by atoms with Crippen molar-refractivity contribution in [2.24, 2.45) is 7.05 Å². The van der Waals surface area contributed by atoms with Crippen LogP contribution in [0.15, 0.2) is 48.5 Å². The van der Waals surface area contributed by atoms with E-state index in [1.165, 1.54) is 12.1 Å². The number of aromatic nitrogens is 2. The van der Waals surface area contributed by atoms with E-state index in [0.717, 1.165) is 17.0 Å². The van der Waals surface area contributed by atoms with Crippen molar-refractivity contribution in [3.05, 3.63) is 76.9 Å². The highest BCUT2D eigenvalue weighted by molar-refractivity contribution is 6.06. The lowest BCUT2D eigenvalue weighted by molar-refractivity contribution is 0.102. The Bertz CT molecular complexity index is 933. The van der Waals surface area contributed by atoms with E-state index < -0.39 is 0 Å². The van der Waals surface area contributed by atoms with Crippen LogP contribution < -0.4 is 10.1 Å². The van der Waals surface area contributed by atoms with Crippen molar-refractivity contribution in [2.75, 3.05) is 5.32 Å². The first-order valence-electron chi connectivity index (χ1n) is 8.23. The molecule has 0 aliphatic heterocycles. The molecule has 1 amide bonds. The van der Waals surface area contributed by atoms with Crippen LogP contribution in [0.4, 0.5) is 10.1 Å². The average molecular weight is 353 g/mol. The third-order valence-corrected chi connectivity index (χ3v) is 4.19. The van der Waals surface area contributed by atoms with Gasteiger partial charge in [-0.3, -0.25) is 9.48 Å². The number of halogens is 1. The van der Waals surface area contributed by atoms with Crippen molar-refractivity contribution in [1.82, 2.24) is 9.78 Å². The number of carbonyl (C=O) groups excluding carboxylic acids is 1. The molecule has 0 aliphatic rings. The second-order valence-corrected chi connectivity index (χ2v) is 6.03. The summed E-state index contributed by atoms with van der Waals surface area (Å²) in [7, 11) is 1.83. The lowest BCUT2D eigenvalue weighted by Gasteiger charge is -2.12. The molecule has 3 rings (SSSR count). The summed E-state index contributed by atoms with van der Waals surface area (Å²) in [5.41, 5.74) is 3.58. The Kier molecular flexibility index (Phi) is 5.02. The van der Waals surface area contributed by atoms with E-state index in [4.69, 9.17) is 4.74 Å². The topological polar surface area (TPSA) is 56.2 Å². The first kappa shape index (κ1) is 17.7. The highest BCUT2D eigenvalue weighted by atomic mass is 19.1. The molecule has 0 aliphatic carbocycles. The number of rotatable bonds is 5. The zero-order valence-corrected chi connectivity index (χ0v) is 14.9. The summed E-state index contributed by atoms with van der Waals surface area (Å²) in [6.45, 7) is 3.99. The highest BCUT2D eigenvalue weighted by Gasteiger charge is 2.17. The third-order valence-electron chi connectivity index (χ3n) is 4.19. The van der Waals surface area contributed by atoms with Crippen LogP contribution in [0.3, 0.4) is 0 Å². The summed E-state index contributed by atoms with van der Waals surface area (Å²) in [5.74, 6) is -0.0943. The molecule has 5 nitrogen and oxygen atoms in total. The number of aryl methyl sites for hydroxylation is 2. The van der Waals surface area contributed by atoms with Gasteiger partial charge in [-0.1, -0.05) is 24.3 Å². The maximum absolute atomic E-state index is 13.0. The minimum absolute atomic E-state index is 0.246. The number of carbonyl (C=O) groups is 1.